The molecule has 2 aromatic carbocycles. The highest BCUT2D eigenvalue weighted by Crippen LogP contribution is 2.45. The molecule has 1 aliphatic carbocycles. The Morgan fingerprint density at radius 2 is 1.79 bits per heavy atom. The Morgan fingerprint density at radius 3 is 2.61 bits per heavy atom. The molecule has 168 valence electrons. The van der Waals surface area contributed by atoms with Gasteiger partial charge in [-0.05, 0) is 55.0 Å². The van der Waals surface area contributed by atoms with Gasteiger partial charge in [-0.3, -0.25) is 0 Å². The Bertz CT molecular complexity index is 1260. The molecule has 0 unspecified atom stereocenters. The van der Waals surface area contributed by atoms with Crippen molar-refractivity contribution < 1.29 is 0 Å². The molecule has 2 aromatic heterocycles. The second-order valence-electron chi connectivity index (χ2n) is 9.80. The molecule has 5 heteroatoms. The van der Waals surface area contributed by atoms with Crippen LogP contribution in [0.5, 0.6) is 0 Å². The number of likely N-dealkylation sites (tertiary alicyclic amines) is 1. The second-order valence-corrected chi connectivity index (χ2v) is 9.80. The molecule has 3 atom stereocenters. The molecule has 6 rings (SSSR count). The Balaban J connectivity index is 1.12. The molecule has 1 aliphatic heterocycles. The lowest BCUT2D eigenvalue weighted by Crippen LogP contribution is -2.48. The van der Waals surface area contributed by atoms with Gasteiger partial charge >= 0.3 is 0 Å². The highest BCUT2D eigenvalue weighted by molar-refractivity contribution is 5.89. The van der Waals surface area contributed by atoms with Crippen LogP contribution >= 0.6 is 0 Å². The van der Waals surface area contributed by atoms with E-state index in [9.17, 15) is 0 Å². The minimum Gasteiger partial charge on any atom is -0.354 e. The monoisotopic (exact) mass is 437 g/mol. The van der Waals surface area contributed by atoms with Crippen LogP contribution in [0.1, 0.15) is 29.9 Å². The molecule has 5 nitrogen and oxygen atoms in total. The first-order valence-electron chi connectivity index (χ1n) is 12.1. The standard InChI is InChI=1S/C28H31N5/c1-32-17-19(11-12-29-28-30-15-22(16-31-28)20-7-4-3-5-8-20)13-24-23-9-6-10-25-27(23)21(14-26(24)32)18-33(25)2/h3-10,15-16,18-19,24,26H,11-14,17H2,1-2H3,(H,29,30,31)/t19-,24-,26-/m1/s1. The highest BCUT2D eigenvalue weighted by atomic mass is 15.2. The number of piperidine rings is 1. The number of aromatic nitrogens is 3. The molecule has 0 radical (unpaired) electrons. The van der Waals surface area contributed by atoms with E-state index in [0.717, 1.165) is 30.6 Å². The average Bonchev–Trinajstić information content (AvgIpc) is 3.17. The van der Waals surface area contributed by atoms with Gasteiger partial charge in [0.05, 0.1) is 0 Å². The summed E-state index contributed by atoms with van der Waals surface area (Å²) in [4.78, 5) is 11.7. The van der Waals surface area contributed by atoms with Gasteiger partial charge in [-0.15, -0.1) is 0 Å². The zero-order valence-corrected chi connectivity index (χ0v) is 19.4. The highest BCUT2D eigenvalue weighted by Gasteiger charge is 2.39. The number of likely N-dealkylation sites (N-methyl/N-ethyl adjacent to an activating group) is 1. The lowest BCUT2D eigenvalue weighted by molar-refractivity contribution is 0.109. The van der Waals surface area contributed by atoms with Crippen molar-refractivity contribution in [2.24, 2.45) is 13.0 Å². The third kappa shape index (κ3) is 3.70. The van der Waals surface area contributed by atoms with Crippen LogP contribution in [0.25, 0.3) is 22.0 Å². The van der Waals surface area contributed by atoms with E-state index in [1.165, 1.54) is 29.3 Å². The molecule has 2 aliphatic rings. The summed E-state index contributed by atoms with van der Waals surface area (Å²) in [5.41, 5.74) is 6.65. The summed E-state index contributed by atoms with van der Waals surface area (Å²) in [6, 6.07) is 17.8. The Hall–Kier alpha value is -3.18. The van der Waals surface area contributed by atoms with Gasteiger partial charge in [-0.2, -0.15) is 0 Å². The first kappa shape index (κ1) is 20.4. The van der Waals surface area contributed by atoms with Crippen molar-refractivity contribution in [3.05, 3.63) is 78.2 Å². The molecular weight excluding hydrogens is 406 g/mol. The number of rotatable bonds is 5. The number of aryl methyl sites for hydroxylation is 1. The van der Waals surface area contributed by atoms with E-state index in [-0.39, 0.29) is 0 Å². The van der Waals surface area contributed by atoms with E-state index < -0.39 is 0 Å². The number of anilines is 1. The van der Waals surface area contributed by atoms with Crippen LogP contribution in [0, 0.1) is 5.92 Å². The van der Waals surface area contributed by atoms with Crippen molar-refractivity contribution >= 4 is 16.9 Å². The topological polar surface area (TPSA) is 46.0 Å². The van der Waals surface area contributed by atoms with E-state index in [1.54, 1.807) is 5.56 Å². The van der Waals surface area contributed by atoms with Crippen LogP contribution in [0.3, 0.4) is 0 Å². The summed E-state index contributed by atoms with van der Waals surface area (Å²) in [5.74, 6) is 2.01. The predicted molar refractivity (Wildman–Crippen MR) is 134 cm³/mol. The molecule has 0 bridgehead atoms. The number of hydrogen-bond acceptors (Lipinski definition) is 4. The minimum atomic E-state index is 0.614. The average molecular weight is 438 g/mol. The van der Waals surface area contributed by atoms with Crippen LogP contribution in [-0.4, -0.2) is 45.6 Å². The van der Waals surface area contributed by atoms with Crippen molar-refractivity contribution in [3.63, 3.8) is 0 Å². The molecule has 1 saturated heterocycles. The second kappa shape index (κ2) is 8.31. The maximum absolute atomic E-state index is 4.54. The third-order valence-electron chi connectivity index (χ3n) is 7.71. The molecule has 0 saturated carbocycles. The van der Waals surface area contributed by atoms with E-state index in [0.29, 0.717) is 23.8 Å². The van der Waals surface area contributed by atoms with Crippen molar-refractivity contribution in [2.75, 3.05) is 25.5 Å². The van der Waals surface area contributed by atoms with Gasteiger partial charge in [0.15, 0.2) is 0 Å². The van der Waals surface area contributed by atoms with Gasteiger partial charge in [0, 0.05) is 67.2 Å². The summed E-state index contributed by atoms with van der Waals surface area (Å²) in [6.07, 6.45) is 9.72. The van der Waals surface area contributed by atoms with Crippen molar-refractivity contribution in [1.29, 1.82) is 0 Å². The molecule has 1 N–H and O–H groups in total. The molecule has 0 spiro atoms. The van der Waals surface area contributed by atoms with Crippen LogP contribution in [0.2, 0.25) is 0 Å². The van der Waals surface area contributed by atoms with Crippen molar-refractivity contribution in [3.8, 4) is 11.1 Å². The van der Waals surface area contributed by atoms with Gasteiger partial charge in [-0.25, -0.2) is 9.97 Å². The van der Waals surface area contributed by atoms with Crippen molar-refractivity contribution in [2.45, 2.75) is 31.2 Å². The molecule has 33 heavy (non-hydrogen) atoms. The lowest BCUT2D eigenvalue weighted by atomic mass is 9.72. The van der Waals surface area contributed by atoms with E-state index in [4.69, 9.17) is 0 Å². The first-order valence-corrected chi connectivity index (χ1v) is 12.1. The van der Waals surface area contributed by atoms with Crippen LogP contribution in [0.15, 0.2) is 67.1 Å². The lowest BCUT2D eigenvalue weighted by Gasteiger charge is -2.45. The van der Waals surface area contributed by atoms with Crippen molar-refractivity contribution in [1.82, 2.24) is 19.4 Å². The number of benzene rings is 2. The van der Waals surface area contributed by atoms with Gasteiger partial charge < -0.3 is 14.8 Å². The van der Waals surface area contributed by atoms with Gasteiger partial charge in [0.1, 0.15) is 0 Å². The Morgan fingerprint density at radius 1 is 0.970 bits per heavy atom. The summed E-state index contributed by atoms with van der Waals surface area (Å²) in [5, 5.41) is 4.97. The number of nitrogens with zero attached hydrogens (tertiary/aromatic N) is 4. The van der Waals surface area contributed by atoms with E-state index in [2.05, 4.69) is 75.4 Å². The summed E-state index contributed by atoms with van der Waals surface area (Å²) < 4.78 is 2.30. The van der Waals surface area contributed by atoms with E-state index >= 15 is 0 Å². The fourth-order valence-corrected chi connectivity index (χ4v) is 6.13. The number of fused-ring (bicyclic) bond motifs is 2. The molecule has 1 fully saturated rings. The SMILES string of the molecule is CN1C[C@H](CCNc2ncc(-c3ccccc3)cn2)C[C@@H]2c3cccc4c3c(cn4C)C[C@H]21. The maximum atomic E-state index is 4.54. The Labute approximate surface area is 195 Å². The van der Waals surface area contributed by atoms with E-state index in [1.807, 2.05) is 30.6 Å². The molecule has 4 aromatic rings. The van der Waals surface area contributed by atoms with Gasteiger partial charge in [0.2, 0.25) is 5.95 Å². The number of nitrogens with one attached hydrogen (secondary N) is 1. The molecule has 3 heterocycles. The largest absolute Gasteiger partial charge is 0.354 e. The smallest absolute Gasteiger partial charge is 0.222 e. The molecule has 0 amide bonds. The zero-order valence-electron chi connectivity index (χ0n) is 19.4. The summed E-state index contributed by atoms with van der Waals surface area (Å²) >= 11 is 0. The third-order valence-corrected chi connectivity index (χ3v) is 7.71. The summed E-state index contributed by atoms with van der Waals surface area (Å²) in [7, 11) is 4.49. The first-order chi connectivity index (χ1) is 16.2. The predicted octanol–water partition coefficient (Wildman–Crippen LogP) is 5.10. The normalized spacial score (nSPS) is 22.3. The van der Waals surface area contributed by atoms with Crippen LogP contribution in [-0.2, 0) is 13.5 Å². The summed E-state index contributed by atoms with van der Waals surface area (Å²) in [6.45, 7) is 2.07. The maximum Gasteiger partial charge on any atom is 0.222 e. The zero-order chi connectivity index (χ0) is 22.4. The fraction of sp³-hybridized carbons (Fsp3) is 0.357. The minimum absolute atomic E-state index is 0.614. The van der Waals surface area contributed by atoms with Crippen LogP contribution in [0.4, 0.5) is 5.95 Å². The quantitative estimate of drug-likeness (QED) is 0.472. The Kier molecular flexibility index (Phi) is 5.14. The fourth-order valence-electron chi connectivity index (χ4n) is 6.13. The number of hydrogen-bond donors (Lipinski definition) is 1. The molecular formula is C28H31N5. The van der Waals surface area contributed by atoms with Crippen LogP contribution < -0.4 is 5.32 Å². The van der Waals surface area contributed by atoms with Gasteiger partial charge in [0.25, 0.3) is 0 Å². The van der Waals surface area contributed by atoms with Gasteiger partial charge in [-0.1, -0.05) is 42.5 Å².